The fourth-order valence-corrected chi connectivity index (χ4v) is 5.50. The summed E-state index contributed by atoms with van der Waals surface area (Å²) >= 11 is 0. The van der Waals surface area contributed by atoms with Gasteiger partial charge in [0.2, 0.25) is 0 Å². The molecule has 1 heterocycles. The molecule has 3 nitrogen and oxygen atoms in total. The summed E-state index contributed by atoms with van der Waals surface area (Å²) in [6, 6.07) is 0. The molecule has 0 aliphatic carbocycles. The van der Waals surface area contributed by atoms with E-state index in [4.69, 9.17) is 0 Å². The van der Waals surface area contributed by atoms with E-state index in [-0.39, 0.29) is 11.1 Å². The quantitative estimate of drug-likeness (QED) is 0.617. The van der Waals surface area contributed by atoms with Crippen LogP contribution in [0.5, 0.6) is 0 Å². The smallest absolute Gasteiger partial charge is 0.330 e. The second kappa shape index (κ2) is 6.31. The molecule has 4 heteroatoms. The third-order valence-electron chi connectivity index (χ3n) is 3.57. The maximum absolute atomic E-state index is 3.86. The summed E-state index contributed by atoms with van der Waals surface area (Å²) in [5.74, 6) is 0. The minimum Gasteiger partial charge on any atom is -0.371 e. The van der Waals surface area contributed by atoms with Crippen molar-refractivity contribution in [1.82, 2.24) is 14.1 Å². The lowest BCUT2D eigenvalue weighted by atomic mass is 10.1. The minimum absolute atomic E-state index is 0.200. The molecule has 1 aliphatic rings. The van der Waals surface area contributed by atoms with Crippen molar-refractivity contribution in [1.29, 1.82) is 0 Å². The molecule has 1 rings (SSSR count). The zero-order chi connectivity index (χ0) is 14.7. The Morgan fingerprint density at radius 2 is 1.37 bits per heavy atom. The van der Waals surface area contributed by atoms with E-state index in [0.29, 0.717) is 0 Å². The third kappa shape index (κ3) is 4.53. The molecule has 1 N–H and O–H groups in total. The predicted octanol–water partition coefficient (Wildman–Crippen LogP) is 3.17. The second-order valence-corrected chi connectivity index (χ2v) is 9.76. The van der Waals surface area contributed by atoms with Crippen molar-refractivity contribution in [3.05, 3.63) is 12.4 Å². The fourth-order valence-electron chi connectivity index (χ4n) is 2.42. The van der Waals surface area contributed by atoms with Crippen LogP contribution >= 0.6 is 0 Å². The zero-order valence-corrected chi connectivity index (χ0v) is 15.1. The highest BCUT2D eigenvalue weighted by Gasteiger charge is 2.39. The maximum Gasteiger partial charge on any atom is 0.330 e. The van der Waals surface area contributed by atoms with E-state index in [2.05, 4.69) is 75.0 Å². The Balaban J connectivity index is 2.71. The molecule has 0 fully saturated rings. The molecule has 0 radical (unpaired) electrons. The van der Waals surface area contributed by atoms with Crippen LogP contribution in [0.1, 0.15) is 67.7 Å². The minimum atomic E-state index is -1.30. The Hall–Kier alpha value is -0.483. The van der Waals surface area contributed by atoms with Crippen LogP contribution in [0.4, 0.5) is 0 Å². The molecule has 0 saturated carbocycles. The summed E-state index contributed by atoms with van der Waals surface area (Å²) in [6.45, 7) is 17.2. The average molecular weight is 284 g/mol. The van der Waals surface area contributed by atoms with Crippen molar-refractivity contribution in [2.75, 3.05) is 6.54 Å². The lowest BCUT2D eigenvalue weighted by molar-refractivity contribution is 0.272. The lowest BCUT2D eigenvalue weighted by Gasteiger charge is -2.44. The SMILES string of the molecule is CCCCCN[SiH]1N(C(C)(C)C)C=CN1C(C)(C)C. The van der Waals surface area contributed by atoms with Gasteiger partial charge in [0, 0.05) is 23.5 Å². The van der Waals surface area contributed by atoms with E-state index >= 15 is 0 Å². The van der Waals surface area contributed by atoms with Gasteiger partial charge >= 0.3 is 9.28 Å². The van der Waals surface area contributed by atoms with Crippen molar-refractivity contribution < 1.29 is 0 Å². The molecule has 112 valence electrons. The van der Waals surface area contributed by atoms with Crippen LogP contribution in [0.15, 0.2) is 12.4 Å². The molecule has 0 unspecified atom stereocenters. The molecule has 0 aromatic carbocycles. The molecule has 0 amide bonds. The van der Waals surface area contributed by atoms with Gasteiger partial charge in [0.05, 0.1) is 0 Å². The average Bonchev–Trinajstić information content (AvgIpc) is 2.67. The Kier molecular flexibility index (Phi) is 5.50. The van der Waals surface area contributed by atoms with Crippen LogP contribution in [0.2, 0.25) is 0 Å². The fraction of sp³-hybridized carbons (Fsp3) is 0.867. The summed E-state index contributed by atoms with van der Waals surface area (Å²) in [5, 5.41) is 0. The highest BCUT2D eigenvalue weighted by atomic mass is 28.3. The first-order valence-corrected chi connectivity index (χ1v) is 9.27. The van der Waals surface area contributed by atoms with E-state index in [0.717, 1.165) is 6.54 Å². The number of nitrogens with one attached hydrogen (secondary N) is 1. The van der Waals surface area contributed by atoms with E-state index in [1.165, 1.54) is 19.3 Å². The molecule has 0 bridgehead atoms. The summed E-state index contributed by atoms with van der Waals surface area (Å²) in [4.78, 5) is 3.86. The standard InChI is InChI=1S/C15H33N3Si/c1-8-9-10-11-16-19-17(14(2,3)4)12-13-18(19)15(5,6)7/h12-13,16,19H,8-11H2,1-7H3. The molecule has 0 atom stereocenters. The van der Waals surface area contributed by atoms with E-state index in [9.17, 15) is 0 Å². The molecule has 0 spiro atoms. The third-order valence-corrected chi connectivity index (χ3v) is 7.17. The van der Waals surface area contributed by atoms with E-state index < -0.39 is 9.28 Å². The van der Waals surface area contributed by atoms with Crippen LogP contribution in [0, 0.1) is 0 Å². The summed E-state index contributed by atoms with van der Waals surface area (Å²) < 4.78 is 5.12. The Morgan fingerprint density at radius 3 is 1.74 bits per heavy atom. The number of hydrogen-bond donors (Lipinski definition) is 1. The molecule has 19 heavy (non-hydrogen) atoms. The topological polar surface area (TPSA) is 18.5 Å². The van der Waals surface area contributed by atoms with Gasteiger partial charge < -0.3 is 14.1 Å². The predicted molar refractivity (Wildman–Crippen MR) is 87.0 cm³/mol. The highest BCUT2D eigenvalue weighted by Crippen LogP contribution is 2.27. The summed E-state index contributed by atoms with van der Waals surface area (Å²) in [7, 11) is -1.30. The zero-order valence-electron chi connectivity index (χ0n) is 14.0. The van der Waals surface area contributed by atoms with Gasteiger partial charge in [-0.1, -0.05) is 19.8 Å². The maximum atomic E-state index is 3.86. The Morgan fingerprint density at radius 1 is 0.895 bits per heavy atom. The van der Waals surface area contributed by atoms with Crippen LogP contribution in [-0.2, 0) is 0 Å². The number of hydrogen-bond acceptors (Lipinski definition) is 3. The summed E-state index contributed by atoms with van der Waals surface area (Å²) in [6.07, 6.45) is 8.48. The van der Waals surface area contributed by atoms with Gasteiger partial charge in [0.25, 0.3) is 0 Å². The normalized spacial score (nSPS) is 17.6. The first-order chi connectivity index (χ1) is 8.68. The van der Waals surface area contributed by atoms with E-state index in [1.807, 2.05) is 0 Å². The van der Waals surface area contributed by atoms with Crippen molar-refractivity contribution >= 4 is 9.28 Å². The van der Waals surface area contributed by atoms with Crippen molar-refractivity contribution in [3.8, 4) is 0 Å². The van der Waals surface area contributed by atoms with Gasteiger partial charge in [-0.15, -0.1) is 0 Å². The number of nitrogens with zero attached hydrogens (tertiary/aromatic N) is 2. The van der Waals surface area contributed by atoms with Gasteiger partial charge in [0.1, 0.15) is 0 Å². The molecule has 0 aromatic heterocycles. The van der Waals surface area contributed by atoms with Crippen molar-refractivity contribution in [2.45, 2.75) is 78.8 Å². The van der Waals surface area contributed by atoms with Crippen LogP contribution in [0.3, 0.4) is 0 Å². The second-order valence-electron chi connectivity index (χ2n) is 7.49. The van der Waals surface area contributed by atoms with Gasteiger partial charge in [-0.2, -0.15) is 0 Å². The number of unbranched alkanes of at least 4 members (excludes halogenated alkanes) is 2. The highest BCUT2D eigenvalue weighted by molar-refractivity contribution is 6.51. The Labute approximate surface area is 121 Å². The molecule has 0 saturated heterocycles. The number of rotatable bonds is 5. The summed E-state index contributed by atoms with van der Waals surface area (Å²) in [5.41, 5.74) is 0.399. The van der Waals surface area contributed by atoms with Crippen LogP contribution in [0.25, 0.3) is 0 Å². The van der Waals surface area contributed by atoms with Gasteiger partial charge in [-0.3, -0.25) is 0 Å². The largest absolute Gasteiger partial charge is 0.371 e. The molecule has 0 aromatic rings. The van der Waals surface area contributed by atoms with Gasteiger partial charge in [0.15, 0.2) is 0 Å². The molecular formula is C15H33N3Si. The van der Waals surface area contributed by atoms with Gasteiger partial charge in [-0.25, -0.2) is 0 Å². The molecular weight excluding hydrogens is 250 g/mol. The monoisotopic (exact) mass is 283 g/mol. The van der Waals surface area contributed by atoms with Crippen molar-refractivity contribution in [2.24, 2.45) is 0 Å². The first-order valence-electron chi connectivity index (χ1n) is 7.66. The van der Waals surface area contributed by atoms with Crippen molar-refractivity contribution in [3.63, 3.8) is 0 Å². The first kappa shape index (κ1) is 16.6. The Bertz CT molecular complexity index is 277. The van der Waals surface area contributed by atoms with Gasteiger partial charge in [-0.05, 0) is 54.5 Å². The lowest BCUT2D eigenvalue weighted by Crippen LogP contribution is -2.63. The van der Waals surface area contributed by atoms with Crippen LogP contribution < -0.4 is 4.98 Å². The van der Waals surface area contributed by atoms with Crippen LogP contribution in [-0.4, -0.2) is 36.0 Å². The van der Waals surface area contributed by atoms with E-state index in [1.54, 1.807) is 0 Å². The molecule has 1 aliphatic heterocycles.